The van der Waals surface area contributed by atoms with Crippen molar-refractivity contribution in [3.05, 3.63) is 60.2 Å². The van der Waals surface area contributed by atoms with E-state index in [1.807, 2.05) is 4.90 Å². The highest BCUT2D eigenvalue weighted by Crippen LogP contribution is 2.17. The van der Waals surface area contributed by atoms with Crippen LogP contribution in [0.1, 0.15) is 16.8 Å². The van der Waals surface area contributed by atoms with Gasteiger partial charge in [0.1, 0.15) is 0 Å². The van der Waals surface area contributed by atoms with Crippen molar-refractivity contribution in [1.29, 1.82) is 0 Å². The summed E-state index contributed by atoms with van der Waals surface area (Å²) in [7, 11) is -3.63. The Hall–Kier alpha value is -2.38. The van der Waals surface area contributed by atoms with E-state index in [1.54, 1.807) is 42.5 Å². The van der Waals surface area contributed by atoms with Crippen molar-refractivity contribution in [2.75, 3.05) is 30.9 Å². The maximum absolute atomic E-state index is 12.5. The second kappa shape index (κ2) is 7.67. The third kappa shape index (κ3) is 4.37. The lowest BCUT2D eigenvalue weighted by Crippen LogP contribution is -2.34. The molecule has 25 heavy (non-hydrogen) atoms. The van der Waals surface area contributed by atoms with Gasteiger partial charge in [0.05, 0.1) is 4.90 Å². The molecule has 2 aromatic carbocycles. The number of carbonyl (C=O) groups excluding carboxylic acids is 1. The van der Waals surface area contributed by atoms with Crippen LogP contribution in [0.25, 0.3) is 0 Å². The minimum atomic E-state index is -3.63. The minimum Gasteiger partial charge on any atom is -0.337 e. The number of nitrogens with zero attached hydrogens (tertiary/aromatic N) is 1. The van der Waals surface area contributed by atoms with E-state index in [9.17, 15) is 13.2 Å². The molecule has 0 unspecified atom stereocenters. The smallest absolute Gasteiger partial charge is 0.261 e. The molecule has 3 rings (SSSR count). The molecule has 132 valence electrons. The predicted molar refractivity (Wildman–Crippen MR) is 97.1 cm³/mol. The molecule has 1 heterocycles. The largest absolute Gasteiger partial charge is 0.337 e. The number of carbonyl (C=O) groups is 1. The molecule has 0 saturated carbocycles. The SMILES string of the molecule is O=C(c1ccc(NS(=O)(=O)c2ccccc2)cc1)N1CCCNCC1. The summed E-state index contributed by atoms with van der Waals surface area (Å²) in [6.07, 6.45) is 0.931. The summed E-state index contributed by atoms with van der Waals surface area (Å²) in [6.45, 7) is 3.13. The normalized spacial score (nSPS) is 15.4. The van der Waals surface area contributed by atoms with Crippen molar-refractivity contribution in [2.45, 2.75) is 11.3 Å². The van der Waals surface area contributed by atoms with Crippen LogP contribution in [0.4, 0.5) is 5.69 Å². The van der Waals surface area contributed by atoms with Crippen LogP contribution in [-0.4, -0.2) is 45.4 Å². The van der Waals surface area contributed by atoms with Crippen molar-refractivity contribution in [3.63, 3.8) is 0 Å². The lowest BCUT2D eigenvalue weighted by molar-refractivity contribution is 0.0766. The molecule has 2 N–H and O–H groups in total. The number of sulfonamides is 1. The third-order valence-electron chi connectivity index (χ3n) is 4.06. The van der Waals surface area contributed by atoms with Crippen molar-refractivity contribution in [1.82, 2.24) is 10.2 Å². The Kier molecular flexibility index (Phi) is 5.35. The molecule has 2 aromatic rings. The van der Waals surface area contributed by atoms with Gasteiger partial charge in [-0.2, -0.15) is 0 Å². The maximum atomic E-state index is 12.5. The van der Waals surface area contributed by atoms with Crippen LogP contribution in [-0.2, 0) is 10.0 Å². The highest BCUT2D eigenvalue weighted by atomic mass is 32.2. The van der Waals surface area contributed by atoms with Gasteiger partial charge in [0.15, 0.2) is 0 Å². The molecule has 1 aliphatic rings. The van der Waals surface area contributed by atoms with Gasteiger partial charge in [-0.3, -0.25) is 9.52 Å². The van der Waals surface area contributed by atoms with Crippen LogP contribution >= 0.6 is 0 Å². The third-order valence-corrected chi connectivity index (χ3v) is 5.46. The Morgan fingerprint density at radius 3 is 2.40 bits per heavy atom. The molecule has 0 radical (unpaired) electrons. The van der Waals surface area contributed by atoms with Gasteiger partial charge < -0.3 is 10.2 Å². The van der Waals surface area contributed by atoms with E-state index in [2.05, 4.69) is 10.0 Å². The van der Waals surface area contributed by atoms with Crippen LogP contribution in [0.2, 0.25) is 0 Å². The van der Waals surface area contributed by atoms with Crippen molar-refractivity contribution in [3.8, 4) is 0 Å². The molecule has 0 atom stereocenters. The number of nitrogens with one attached hydrogen (secondary N) is 2. The van der Waals surface area contributed by atoms with Gasteiger partial charge in [-0.1, -0.05) is 18.2 Å². The highest BCUT2D eigenvalue weighted by molar-refractivity contribution is 7.92. The summed E-state index contributed by atoms with van der Waals surface area (Å²) < 4.78 is 27.2. The van der Waals surface area contributed by atoms with Crippen LogP contribution in [0, 0.1) is 0 Å². The zero-order chi connectivity index (χ0) is 17.7. The van der Waals surface area contributed by atoms with E-state index >= 15 is 0 Å². The Bertz CT molecular complexity index is 812. The molecule has 0 spiro atoms. The molecule has 0 aromatic heterocycles. The standard InChI is InChI=1S/C18H21N3O3S/c22-18(21-13-4-11-19-12-14-21)15-7-9-16(10-8-15)20-25(23,24)17-5-2-1-3-6-17/h1-3,5-10,19-20H,4,11-14H2. The average Bonchev–Trinajstić information content (AvgIpc) is 2.92. The second-order valence-corrected chi connectivity index (χ2v) is 7.57. The van der Waals surface area contributed by atoms with E-state index in [0.717, 1.165) is 26.1 Å². The second-order valence-electron chi connectivity index (χ2n) is 5.89. The summed E-state index contributed by atoms with van der Waals surface area (Å²) in [5, 5.41) is 3.26. The summed E-state index contributed by atoms with van der Waals surface area (Å²) in [5.41, 5.74) is 0.988. The molecular formula is C18H21N3O3S. The molecule has 1 aliphatic heterocycles. The number of hydrogen-bond donors (Lipinski definition) is 2. The maximum Gasteiger partial charge on any atom is 0.261 e. The number of anilines is 1. The van der Waals surface area contributed by atoms with Gasteiger partial charge >= 0.3 is 0 Å². The van der Waals surface area contributed by atoms with Crippen LogP contribution < -0.4 is 10.0 Å². The fourth-order valence-corrected chi connectivity index (χ4v) is 3.81. The van der Waals surface area contributed by atoms with E-state index in [4.69, 9.17) is 0 Å². The van der Waals surface area contributed by atoms with E-state index in [1.165, 1.54) is 12.1 Å². The number of benzene rings is 2. The number of hydrogen-bond acceptors (Lipinski definition) is 4. The molecule has 0 bridgehead atoms. The Morgan fingerprint density at radius 2 is 1.68 bits per heavy atom. The van der Waals surface area contributed by atoms with Gasteiger partial charge in [-0.25, -0.2) is 8.42 Å². The lowest BCUT2D eigenvalue weighted by Gasteiger charge is -2.20. The molecule has 7 heteroatoms. The average molecular weight is 359 g/mol. The van der Waals surface area contributed by atoms with Crippen LogP contribution in [0.3, 0.4) is 0 Å². The zero-order valence-electron chi connectivity index (χ0n) is 13.8. The lowest BCUT2D eigenvalue weighted by atomic mass is 10.2. The van der Waals surface area contributed by atoms with E-state index in [0.29, 0.717) is 17.8 Å². The van der Waals surface area contributed by atoms with E-state index in [-0.39, 0.29) is 10.8 Å². The van der Waals surface area contributed by atoms with Gasteiger partial charge in [0, 0.05) is 30.9 Å². The summed E-state index contributed by atoms with van der Waals surface area (Å²) >= 11 is 0. The van der Waals surface area contributed by atoms with Gasteiger partial charge in [0.25, 0.3) is 15.9 Å². The monoisotopic (exact) mass is 359 g/mol. The van der Waals surface area contributed by atoms with Crippen molar-refractivity contribution >= 4 is 21.6 Å². The number of rotatable bonds is 4. The van der Waals surface area contributed by atoms with Crippen molar-refractivity contribution in [2.24, 2.45) is 0 Å². The van der Waals surface area contributed by atoms with Crippen LogP contribution in [0.5, 0.6) is 0 Å². The minimum absolute atomic E-state index is 0.0267. The predicted octanol–water partition coefficient (Wildman–Crippen LogP) is 1.92. The van der Waals surface area contributed by atoms with Gasteiger partial charge in [0.2, 0.25) is 0 Å². The fraction of sp³-hybridized carbons (Fsp3) is 0.278. The first-order valence-electron chi connectivity index (χ1n) is 8.24. The quantitative estimate of drug-likeness (QED) is 0.874. The molecule has 1 saturated heterocycles. The summed E-state index contributed by atoms with van der Waals surface area (Å²) in [6, 6.07) is 14.7. The van der Waals surface area contributed by atoms with Gasteiger partial charge in [-0.15, -0.1) is 0 Å². The highest BCUT2D eigenvalue weighted by Gasteiger charge is 2.18. The molecule has 0 aliphatic carbocycles. The fourth-order valence-electron chi connectivity index (χ4n) is 2.73. The first kappa shape index (κ1) is 17.4. The molecular weight excluding hydrogens is 338 g/mol. The summed E-state index contributed by atoms with van der Waals surface area (Å²) in [4.78, 5) is 14.6. The van der Waals surface area contributed by atoms with Crippen LogP contribution in [0.15, 0.2) is 59.5 Å². The Morgan fingerprint density at radius 1 is 0.960 bits per heavy atom. The molecule has 1 fully saturated rings. The van der Waals surface area contributed by atoms with E-state index < -0.39 is 10.0 Å². The van der Waals surface area contributed by atoms with Crippen molar-refractivity contribution < 1.29 is 13.2 Å². The molecule has 1 amide bonds. The first-order valence-corrected chi connectivity index (χ1v) is 9.72. The Balaban J connectivity index is 1.71. The Labute approximate surface area is 147 Å². The topological polar surface area (TPSA) is 78.5 Å². The number of amides is 1. The first-order chi connectivity index (χ1) is 12.1. The molecule has 6 nitrogen and oxygen atoms in total. The summed E-state index contributed by atoms with van der Waals surface area (Å²) in [5.74, 6) is -0.0267. The van der Waals surface area contributed by atoms with Gasteiger partial charge in [-0.05, 0) is 49.4 Å². The zero-order valence-corrected chi connectivity index (χ0v) is 14.6.